The summed E-state index contributed by atoms with van der Waals surface area (Å²) in [6.45, 7) is 2.51. The number of aromatic carboxylic acids is 1. The molecule has 0 aliphatic rings. The molecule has 0 saturated heterocycles. The molecule has 0 radical (unpaired) electrons. The van der Waals surface area contributed by atoms with Gasteiger partial charge in [0.15, 0.2) is 5.03 Å². The molecule has 0 fully saturated rings. The van der Waals surface area contributed by atoms with Gasteiger partial charge in [-0.05, 0) is 24.6 Å². The number of rotatable bonds is 6. The molecular formula is C13H15N3O4S. The van der Waals surface area contributed by atoms with E-state index in [9.17, 15) is 13.2 Å². The Morgan fingerprint density at radius 2 is 2.19 bits per heavy atom. The number of sulfonamides is 1. The zero-order valence-electron chi connectivity index (χ0n) is 11.4. The second-order valence-electron chi connectivity index (χ2n) is 4.37. The first kappa shape index (κ1) is 15.2. The minimum atomic E-state index is -3.71. The Bertz CT molecular complexity index is 752. The lowest BCUT2D eigenvalue weighted by molar-refractivity contribution is 0.0696. The van der Waals surface area contributed by atoms with Gasteiger partial charge in [0.2, 0.25) is 0 Å². The zero-order chi connectivity index (χ0) is 15.5. The van der Waals surface area contributed by atoms with Gasteiger partial charge in [0.25, 0.3) is 10.0 Å². The monoisotopic (exact) mass is 309 g/mol. The van der Waals surface area contributed by atoms with Crippen molar-refractivity contribution >= 4 is 16.0 Å². The topological polar surface area (TPSA) is 101 Å². The molecule has 0 saturated carbocycles. The SMILES string of the molecule is CCn1cnc(S(=O)(=O)NCc2cccc(C(=O)O)c2)c1. The molecule has 0 unspecified atom stereocenters. The molecule has 21 heavy (non-hydrogen) atoms. The Morgan fingerprint density at radius 3 is 2.81 bits per heavy atom. The number of aryl methyl sites for hydroxylation is 1. The average Bonchev–Trinajstić information content (AvgIpc) is 2.95. The van der Waals surface area contributed by atoms with Crippen LogP contribution in [0.1, 0.15) is 22.8 Å². The number of carbonyl (C=O) groups is 1. The summed E-state index contributed by atoms with van der Waals surface area (Å²) in [6, 6.07) is 6.09. The van der Waals surface area contributed by atoms with Crippen LogP contribution in [0.5, 0.6) is 0 Å². The number of benzene rings is 1. The van der Waals surface area contributed by atoms with Gasteiger partial charge in [0.05, 0.1) is 11.9 Å². The van der Waals surface area contributed by atoms with Crippen LogP contribution in [0.15, 0.2) is 41.8 Å². The minimum absolute atomic E-state index is 0.00242. The van der Waals surface area contributed by atoms with Crippen LogP contribution in [0.25, 0.3) is 0 Å². The largest absolute Gasteiger partial charge is 0.478 e. The Labute approximate surface area is 122 Å². The Balaban J connectivity index is 2.11. The van der Waals surface area contributed by atoms with E-state index in [4.69, 9.17) is 5.11 Å². The maximum absolute atomic E-state index is 12.1. The highest BCUT2D eigenvalue weighted by Gasteiger charge is 2.17. The van der Waals surface area contributed by atoms with Gasteiger partial charge < -0.3 is 9.67 Å². The van der Waals surface area contributed by atoms with Crippen molar-refractivity contribution < 1.29 is 18.3 Å². The Hall–Kier alpha value is -2.19. The van der Waals surface area contributed by atoms with E-state index >= 15 is 0 Å². The number of nitrogens with zero attached hydrogens (tertiary/aromatic N) is 2. The van der Waals surface area contributed by atoms with Gasteiger partial charge in [-0.25, -0.2) is 22.9 Å². The first-order valence-electron chi connectivity index (χ1n) is 6.26. The van der Waals surface area contributed by atoms with Gasteiger partial charge in [0, 0.05) is 19.3 Å². The van der Waals surface area contributed by atoms with Crippen molar-refractivity contribution in [3.8, 4) is 0 Å². The molecule has 0 aliphatic carbocycles. The van der Waals surface area contributed by atoms with E-state index in [-0.39, 0.29) is 17.1 Å². The summed E-state index contributed by atoms with van der Waals surface area (Å²) in [6.07, 6.45) is 2.88. The lowest BCUT2D eigenvalue weighted by Crippen LogP contribution is -2.23. The Morgan fingerprint density at radius 1 is 1.43 bits per heavy atom. The van der Waals surface area contributed by atoms with Crippen molar-refractivity contribution in [2.24, 2.45) is 0 Å². The predicted molar refractivity (Wildman–Crippen MR) is 75.3 cm³/mol. The molecular weight excluding hydrogens is 294 g/mol. The molecule has 1 aromatic carbocycles. The van der Waals surface area contributed by atoms with Gasteiger partial charge in [-0.3, -0.25) is 0 Å². The van der Waals surface area contributed by atoms with Crippen molar-refractivity contribution in [3.05, 3.63) is 47.9 Å². The van der Waals surface area contributed by atoms with Gasteiger partial charge in [-0.15, -0.1) is 0 Å². The lowest BCUT2D eigenvalue weighted by Gasteiger charge is -2.05. The molecule has 1 aromatic heterocycles. The molecule has 0 aliphatic heterocycles. The molecule has 0 atom stereocenters. The summed E-state index contributed by atoms with van der Waals surface area (Å²) in [5, 5.41) is 8.84. The van der Waals surface area contributed by atoms with E-state index in [2.05, 4.69) is 9.71 Å². The number of imidazole rings is 1. The first-order valence-corrected chi connectivity index (χ1v) is 7.74. The van der Waals surface area contributed by atoms with Crippen LogP contribution < -0.4 is 4.72 Å². The molecule has 2 rings (SSSR count). The number of aromatic nitrogens is 2. The van der Waals surface area contributed by atoms with Crippen molar-refractivity contribution in [3.63, 3.8) is 0 Å². The second kappa shape index (κ2) is 6.06. The smallest absolute Gasteiger partial charge is 0.335 e. The van der Waals surface area contributed by atoms with E-state index in [1.54, 1.807) is 16.7 Å². The first-order chi connectivity index (χ1) is 9.92. The maximum atomic E-state index is 12.1. The fourth-order valence-electron chi connectivity index (χ4n) is 1.72. The van der Waals surface area contributed by atoms with Crippen molar-refractivity contribution in [2.75, 3.05) is 0 Å². The highest BCUT2D eigenvalue weighted by molar-refractivity contribution is 7.89. The lowest BCUT2D eigenvalue weighted by atomic mass is 10.1. The van der Waals surface area contributed by atoms with Crippen molar-refractivity contribution in [1.82, 2.24) is 14.3 Å². The van der Waals surface area contributed by atoms with E-state index in [0.29, 0.717) is 12.1 Å². The van der Waals surface area contributed by atoms with Crippen LogP contribution in [0, 0.1) is 0 Å². The summed E-state index contributed by atoms with van der Waals surface area (Å²) < 4.78 is 28.2. The minimum Gasteiger partial charge on any atom is -0.478 e. The molecule has 112 valence electrons. The van der Waals surface area contributed by atoms with Crippen LogP contribution in [-0.2, 0) is 23.1 Å². The molecule has 0 spiro atoms. The standard InChI is InChI=1S/C13H15N3O4S/c1-2-16-8-12(14-9-16)21(19,20)15-7-10-4-3-5-11(6-10)13(17)18/h3-6,8-9,15H,2,7H2,1H3,(H,17,18). The van der Waals surface area contributed by atoms with Crippen LogP contribution >= 0.6 is 0 Å². The Kier molecular flexibility index (Phi) is 4.39. The highest BCUT2D eigenvalue weighted by Crippen LogP contribution is 2.09. The van der Waals surface area contributed by atoms with Crippen LogP contribution in [0.3, 0.4) is 0 Å². The third-order valence-corrected chi connectivity index (χ3v) is 4.18. The predicted octanol–water partition coefficient (Wildman–Crippen LogP) is 1.08. The third kappa shape index (κ3) is 3.67. The highest BCUT2D eigenvalue weighted by atomic mass is 32.2. The molecule has 8 heteroatoms. The van der Waals surface area contributed by atoms with E-state index in [1.165, 1.54) is 24.7 Å². The third-order valence-electron chi connectivity index (χ3n) is 2.89. The molecule has 0 amide bonds. The normalized spacial score (nSPS) is 11.5. The number of hydrogen-bond donors (Lipinski definition) is 2. The average molecular weight is 309 g/mol. The molecule has 7 nitrogen and oxygen atoms in total. The van der Waals surface area contributed by atoms with Gasteiger partial charge >= 0.3 is 5.97 Å². The summed E-state index contributed by atoms with van der Waals surface area (Å²) in [7, 11) is -3.71. The van der Waals surface area contributed by atoms with E-state index < -0.39 is 16.0 Å². The number of hydrogen-bond acceptors (Lipinski definition) is 4. The molecule has 2 N–H and O–H groups in total. The van der Waals surface area contributed by atoms with Crippen molar-refractivity contribution in [2.45, 2.75) is 25.0 Å². The summed E-state index contributed by atoms with van der Waals surface area (Å²) in [5.74, 6) is -1.05. The fourth-order valence-corrected chi connectivity index (χ4v) is 2.68. The summed E-state index contributed by atoms with van der Waals surface area (Å²) >= 11 is 0. The number of carboxylic acids is 1. The quantitative estimate of drug-likeness (QED) is 0.831. The molecule has 2 aromatic rings. The zero-order valence-corrected chi connectivity index (χ0v) is 12.2. The summed E-state index contributed by atoms with van der Waals surface area (Å²) in [5.41, 5.74) is 0.676. The van der Waals surface area contributed by atoms with Gasteiger partial charge in [-0.2, -0.15) is 0 Å². The van der Waals surface area contributed by atoms with Gasteiger partial charge in [-0.1, -0.05) is 12.1 Å². The van der Waals surface area contributed by atoms with Crippen LogP contribution in [0.4, 0.5) is 0 Å². The fraction of sp³-hybridized carbons (Fsp3) is 0.231. The molecule has 0 bridgehead atoms. The number of nitrogens with one attached hydrogen (secondary N) is 1. The second-order valence-corrected chi connectivity index (χ2v) is 6.09. The van der Waals surface area contributed by atoms with E-state index in [0.717, 1.165) is 0 Å². The maximum Gasteiger partial charge on any atom is 0.335 e. The van der Waals surface area contributed by atoms with Gasteiger partial charge in [0.1, 0.15) is 0 Å². The van der Waals surface area contributed by atoms with E-state index in [1.807, 2.05) is 6.92 Å². The van der Waals surface area contributed by atoms with Crippen LogP contribution in [-0.4, -0.2) is 29.0 Å². The number of carboxylic acid groups (broad SMARTS) is 1. The van der Waals surface area contributed by atoms with Crippen molar-refractivity contribution in [1.29, 1.82) is 0 Å². The molecule has 1 heterocycles. The van der Waals surface area contributed by atoms with Crippen LogP contribution in [0.2, 0.25) is 0 Å². The summed E-state index contributed by atoms with van der Waals surface area (Å²) in [4.78, 5) is 14.7.